The zero-order chi connectivity index (χ0) is 23.7. The summed E-state index contributed by atoms with van der Waals surface area (Å²) in [5, 5.41) is 39.9. The van der Waals surface area contributed by atoms with Crippen molar-refractivity contribution in [1.29, 1.82) is 0 Å². The molecule has 11 atom stereocenters. The fourth-order valence-electron chi connectivity index (χ4n) is 8.06. The highest BCUT2D eigenvalue weighted by Crippen LogP contribution is 2.65. The minimum atomic E-state index is -1.72. The van der Waals surface area contributed by atoms with Gasteiger partial charge in [0.25, 0.3) is 0 Å². The molecule has 1 saturated heterocycles. The average Bonchev–Trinajstić information content (AvgIpc) is 3.10. The third-order valence-corrected chi connectivity index (χ3v) is 9.99. The Balaban J connectivity index is 1.34. The number of aliphatic carboxylic acids is 1. The van der Waals surface area contributed by atoms with Crippen LogP contribution in [-0.4, -0.2) is 69.0 Å². The minimum Gasteiger partial charge on any atom is -0.479 e. The molecule has 4 N–H and O–H groups in total. The SMILES string of the molecule is C[C@@]12CC[C@H]3[C@@H](CCC4=CC(=O)CC[C@@]43C)[C@H]1CC[C@@H]2O[C@H]1O[C@@H](C(=O)O)[C@H](O)[C@@H](O)[C@@H]1O. The molecule has 4 fully saturated rings. The van der Waals surface area contributed by atoms with Crippen molar-refractivity contribution in [2.24, 2.45) is 28.6 Å². The number of aliphatic hydroxyl groups is 3. The number of aliphatic hydroxyl groups excluding tert-OH is 3. The number of rotatable bonds is 3. The summed E-state index contributed by atoms with van der Waals surface area (Å²) in [5.41, 5.74) is 1.29. The Morgan fingerprint density at radius 2 is 1.76 bits per heavy atom. The minimum absolute atomic E-state index is 0.0920. The first-order chi connectivity index (χ1) is 15.6. The predicted molar refractivity (Wildman–Crippen MR) is 116 cm³/mol. The van der Waals surface area contributed by atoms with Crippen LogP contribution < -0.4 is 0 Å². The van der Waals surface area contributed by atoms with Crippen LogP contribution in [0, 0.1) is 28.6 Å². The number of hydrogen-bond acceptors (Lipinski definition) is 7. The Morgan fingerprint density at radius 1 is 1.00 bits per heavy atom. The molecule has 8 nitrogen and oxygen atoms in total. The third-order valence-electron chi connectivity index (χ3n) is 9.99. The topological polar surface area (TPSA) is 134 Å². The van der Waals surface area contributed by atoms with Crippen molar-refractivity contribution in [2.75, 3.05) is 0 Å². The van der Waals surface area contributed by atoms with Gasteiger partial charge < -0.3 is 29.9 Å². The molecule has 0 aromatic rings. The number of allylic oxidation sites excluding steroid dienone is 1. The van der Waals surface area contributed by atoms with Gasteiger partial charge in [0.15, 0.2) is 18.2 Å². The molecule has 0 radical (unpaired) electrons. The zero-order valence-corrected chi connectivity index (χ0v) is 19.4. The highest BCUT2D eigenvalue weighted by atomic mass is 16.7. The number of hydrogen-bond donors (Lipinski definition) is 4. The molecule has 0 unspecified atom stereocenters. The molecule has 1 aliphatic heterocycles. The highest BCUT2D eigenvalue weighted by molar-refractivity contribution is 5.91. The van der Waals surface area contributed by atoms with Gasteiger partial charge >= 0.3 is 5.97 Å². The van der Waals surface area contributed by atoms with Gasteiger partial charge in [-0.25, -0.2) is 4.79 Å². The van der Waals surface area contributed by atoms with Crippen LogP contribution >= 0.6 is 0 Å². The van der Waals surface area contributed by atoms with Crippen LogP contribution in [0.5, 0.6) is 0 Å². The van der Waals surface area contributed by atoms with Gasteiger partial charge in [-0.3, -0.25) is 4.79 Å². The van der Waals surface area contributed by atoms with E-state index in [1.165, 1.54) is 5.57 Å². The van der Waals surface area contributed by atoms with E-state index in [2.05, 4.69) is 13.8 Å². The summed E-state index contributed by atoms with van der Waals surface area (Å²) in [6.07, 6.45) is 1.24. The lowest BCUT2D eigenvalue weighted by Gasteiger charge is -2.58. The molecule has 3 saturated carbocycles. The molecule has 0 bridgehead atoms. The van der Waals surface area contributed by atoms with Crippen molar-refractivity contribution < 1.29 is 39.5 Å². The number of ether oxygens (including phenoxy) is 2. The number of carbonyl (C=O) groups excluding carboxylic acids is 1. The van der Waals surface area contributed by atoms with Gasteiger partial charge in [-0.15, -0.1) is 0 Å². The van der Waals surface area contributed by atoms with E-state index >= 15 is 0 Å². The summed E-state index contributed by atoms with van der Waals surface area (Å²) in [4.78, 5) is 23.5. The van der Waals surface area contributed by atoms with Crippen LogP contribution in [0.15, 0.2) is 11.6 Å². The summed E-state index contributed by atoms with van der Waals surface area (Å²) >= 11 is 0. The van der Waals surface area contributed by atoms with Crippen molar-refractivity contribution in [3.05, 3.63) is 11.6 Å². The molecule has 33 heavy (non-hydrogen) atoms. The van der Waals surface area contributed by atoms with E-state index in [0.29, 0.717) is 24.2 Å². The van der Waals surface area contributed by atoms with Crippen LogP contribution in [0.4, 0.5) is 0 Å². The normalized spacial score (nSPS) is 51.8. The van der Waals surface area contributed by atoms with E-state index in [1.54, 1.807) is 0 Å². The van der Waals surface area contributed by atoms with E-state index < -0.39 is 36.7 Å². The molecule has 1 heterocycles. The maximum Gasteiger partial charge on any atom is 0.335 e. The van der Waals surface area contributed by atoms with E-state index in [1.807, 2.05) is 6.08 Å². The predicted octanol–water partition coefficient (Wildman–Crippen LogP) is 1.80. The van der Waals surface area contributed by atoms with Gasteiger partial charge in [-0.05, 0) is 79.6 Å². The van der Waals surface area contributed by atoms with Gasteiger partial charge in [0.2, 0.25) is 0 Å². The Bertz CT molecular complexity index is 855. The molecule has 0 amide bonds. The van der Waals surface area contributed by atoms with Crippen molar-refractivity contribution in [3.63, 3.8) is 0 Å². The fourth-order valence-corrected chi connectivity index (χ4v) is 8.06. The summed E-state index contributed by atoms with van der Waals surface area (Å²) in [7, 11) is 0. The first-order valence-electron chi connectivity index (χ1n) is 12.4. The Kier molecular flexibility index (Phi) is 5.77. The van der Waals surface area contributed by atoms with E-state index in [-0.39, 0.29) is 22.7 Å². The van der Waals surface area contributed by atoms with Gasteiger partial charge in [0.1, 0.15) is 18.3 Å². The van der Waals surface area contributed by atoms with Crippen LogP contribution in [0.2, 0.25) is 0 Å². The van der Waals surface area contributed by atoms with Gasteiger partial charge in [-0.1, -0.05) is 19.4 Å². The van der Waals surface area contributed by atoms with E-state index in [4.69, 9.17) is 9.47 Å². The van der Waals surface area contributed by atoms with E-state index in [0.717, 1.165) is 44.9 Å². The lowest BCUT2D eigenvalue weighted by Crippen LogP contribution is -2.61. The van der Waals surface area contributed by atoms with Gasteiger partial charge in [0.05, 0.1) is 6.10 Å². The maximum atomic E-state index is 12.0. The number of fused-ring (bicyclic) bond motifs is 5. The van der Waals surface area contributed by atoms with Gasteiger partial charge in [0, 0.05) is 6.42 Å². The van der Waals surface area contributed by atoms with Crippen LogP contribution in [0.25, 0.3) is 0 Å². The summed E-state index contributed by atoms with van der Waals surface area (Å²) in [6, 6.07) is 0. The molecular formula is C25H36O8. The number of carboxylic acids is 1. The largest absolute Gasteiger partial charge is 0.479 e. The first-order valence-corrected chi connectivity index (χ1v) is 12.4. The summed E-state index contributed by atoms with van der Waals surface area (Å²) in [6.45, 7) is 4.58. The van der Waals surface area contributed by atoms with Crippen molar-refractivity contribution >= 4 is 11.8 Å². The average molecular weight is 465 g/mol. The second kappa shape index (κ2) is 8.12. The lowest BCUT2D eigenvalue weighted by molar-refractivity contribution is -0.312. The molecule has 5 aliphatic rings. The fraction of sp³-hybridized carbons (Fsp3) is 0.840. The molecule has 5 rings (SSSR count). The Morgan fingerprint density at radius 3 is 2.48 bits per heavy atom. The second-order valence-corrected chi connectivity index (χ2v) is 11.5. The standard InChI is InChI=1S/C25H36O8/c1-24-9-7-13(26)11-12(24)3-4-14-15-5-6-17(25(15,2)10-8-16(14)24)32-23-20(29)18(27)19(28)21(33-23)22(30)31/h11,14-21,23,27-29H,3-10H2,1-2H3,(H,30,31)/t14-,15+,16-,17-,18+,19+,20-,21+,23-,24-,25+/m0/s1. The second-order valence-electron chi connectivity index (χ2n) is 11.5. The quantitative estimate of drug-likeness (QED) is 0.497. The maximum absolute atomic E-state index is 12.0. The molecule has 0 aromatic carbocycles. The number of ketones is 1. The number of carboxylic acid groups (broad SMARTS) is 1. The van der Waals surface area contributed by atoms with Crippen LogP contribution in [-0.2, 0) is 19.1 Å². The molecule has 8 heteroatoms. The molecular weight excluding hydrogens is 428 g/mol. The van der Waals surface area contributed by atoms with Crippen LogP contribution in [0.3, 0.4) is 0 Å². The number of carbonyl (C=O) groups is 2. The van der Waals surface area contributed by atoms with Crippen LogP contribution in [0.1, 0.15) is 65.2 Å². The van der Waals surface area contributed by atoms with Crippen molar-refractivity contribution in [3.8, 4) is 0 Å². The van der Waals surface area contributed by atoms with Gasteiger partial charge in [-0.2, -0.15) is 0 Å². The molecule has 0 spiro atoms. The summed E-state index contributed by atoms with van der Waals surface area (Å²) in [5.74, 6) is 0.400. The smallest absolute Gasteiger partial charge is 0.335 e. The third kappa shape index (κ3) is 3.52. The Hall–Kier alpha value is -1.32. The Labute approximate surface area is 194 Å². The van der Waals surface area contributed by atoms with Crippen molar-refractivity contribution in [1.82, 2.24) is 0 Å². The van der Waals surface area contributed by atoms with Crippen molar-refractivity contribution in [2.45, 2.75) is 102 Å². The monoisotopic (exact) mass is 464 g/mol. The summed E-state index contributed by atoms with van der Waals surface area (Å²) < 4.78 is 11.6. The molecule has 0 aromatic heterocycles. The molecule has 4 aliphatic carbocycles. The highest BCUT2D eigenvalue weighted by Gasteiger charge is 2.60. The van der Waals surface area contributed by atoms with E-state index in [9.17, 15) is 30.0 Å². The zero-order valence-electron chi connectivity index (χ0n) is 19.4. The molecule has 184 valence electrons. The first kappa shape index (κ1) is 23.4. The lowest BCUT2D eigenvalue weighted by atomic mass is 9.47.